The van der Waals surface area contributed by atoms with Crippen LogP contribution in [0.4, 0.5) is 11.5 Å². The molecule has 0 aliphatic heterocycles. The highest BCUT2D eigenvalue weighted by atomic mass is 16.6. The summed E-state index contributed by atoms with van der Waals surface area (Å²) in [6.45, 7) is 4.43. The monoisotopic (exact) mass is 292 g/mol. The van der Waals surface area contributed by atoms with Crippen molar-refractivity contribution in [1.29, 1.82) is 0 Å². The van der Waals surface area contributed by atoms with Crippen molar-refractivity contribution in [3.8, 4) is 0 Å². The molecule has 0 radical (unpaired) electrons. The zero-order valence-electron chi connectivity index (χ0n) is 12.3. The number of anilines is 1. The molecule has 1 aliphatic rings. The molecule has 1 aromatic heterocycles. The Morgan fingerprint density at radius 2 is 2.10 bits per heavy atom. The van der Waals surface area contributed by atoms with Crippen LogP contribution >= 0.6 is 0 Å². The Balaban J connectivity index is 2.07. The molecule has 1 fully saturated rings. The predicted octanol–water partition coefficient (Wildman–Crippen LogP) is 2.27. The number of carbonyl (C=O) groups is 1. The number of hydrogen-bond donors (Lipinski definition) is 2. The lowest BCUT2D eigenvalue weighted by atomic mass is 9.75. The van der Waals surface area contributed by atoms with Crippen molar-refractivity contribution >= 4 is 17.4 Å². The van der Waals surface area contributed by atoms with E-state index in [0.717, 1.165) is 31.9 Å². The van der Waals surface area contributed by atoms with Crippen LogP contribution in [0.2, 0.25) is 0 Å². The molecule has 0 unspecified atom stereocenters. The topological polar surface area (TPSA) is 111 Å². The number of pyridine rings is 1. The van der Waals surface area contributed by atoms with Crippen molar-refractivity contribution in [2.24, 2.45) is 5.41 Å². The van der Waals surface area contributed by atoms with Gasteiger partial charge in [-0.3, -0.25) is 14.9 Å². The number of carbonyl (C=O) groups excluding carboxylic acids is 1. The molecule has 0 atom stereocenters. The molecular weight excluding hydrogens is 272 g/mol. The molecule has 1 heterocycles. The van der Waals surface area contributed by atoms with Gasteiger partial charge in [0.15, 0.2) is 0 Å². The van der Waals surface area contributed by atoms with Crippen molar-refractivity contribution in [3.05, 3.63) is 27.9 Å². The fourth-order valence-corrected chi connectivity index (χ4v) is 2.55. The lowest BCUT2D eigenvalue weighted by Gasteiger charge is -2.34. The van der Waals surface area contributed by atoms with Gasteiger partial charge in [0.1, 0.15) is 12.0 Å². The maximum Gasteiger partial charge on any atom is 0.288 e. The lowest BCUT2D eigenvalue weighted by Crippen LogP contribution is -2.39. The minimum Gasteiger partial charge on any atom is -0.383 e. The summed E-state index contributed by atoms with van der Waals surface area (Å²) < 4.78 is 0. The lowest BCUT2D eigenvalue weighted by molar-refractivity contribution is -0.385. The van der Waals surface area contributed by atoms with E-state index in [1.807, 2.05) is 0 Å². The summed E-state index contributed by atoms with van der Waals surface area (Å²) in [6, 6.07) is 1.26. The number of hydrogen-bond acceptors (Lipinski definition) is 5. The van der Waals surface area contributed by atoms with Gasteiger partial charge in [-0.05, 0) is 31.1 Å². The van der Waals surface area contributed by atoms with Crippen molar-refractivity contribution in [2.45, 2.75) is 45.6 Å². The molecule has 1 aliphatic carbocycles. The Morgan fingerprint density at radius 3 is 2.67 bits per heavy atom. The largest absolute Gasteiger partial charge is 0.383 e. The molecule has 1 saturated carbocycles. The summed E-state index contributed by atoms with van der Waals surface area (Å²) in [5.74, 6) is -0.386. The third kappa shape index (κ3) is 3.68. The second-order valence-electron chi connectivity index (χ2n) is 6.30. The first-order valence-corrected chi connectivity index (χ1v) is 6.99. The molecule has 2 rings (SSSR count). The van der Waals surface area contributed by atoms with Crippen LogP contribution in [0.15, 0.2) is 12.3 Å². The van der Waals surface area contributed by atoms with Gasteiger partial charge in [-0.2, -0.15) is 0 Å². The number of rotatable bonds is 3. The van der Waals surface area contributed by atoms with Gasteiger partial charge in [-0.15, -0.1) is 0 Å². The number of nitrogens with one attached hydrogen (secondary N) is 1. The van der Waals surface area contributed by atoms with Gasteiger partial charge in [-0.1, -0.05) is 13.8 Å². The highest BCUT2D eigenvalue weighted by Gasteiger charge is 2.28. The fraction of sp³-hybridized carbons (Fsp3) is 0.571. The van der Waals surface area contributed by atoms with E-state index in [1.165, 1.54) is 6.07 Å². The first-order chi connectivity index (χ1) is 9.78. The van der Waals surface area contributed by atoms with E-state index in [9.17, 15) is 14.9 Å². The van der Waals surface area contributed by atoms with Gasteiger partial charge in [-0.25, -0.2) is 4.98 Å². The first kappa shape index (κ1) is 15.2. The zero-order valence-corrected chi connectivity index (χ0v) is 12.3. The molecule has 0 bridgehead atoms. The standard InChI is InChI=1S/C14H20N4O3/c1-14(2)5-3-9(4-6-14)17-13(19)11-7-10(18(20)21)8-16-12(11)15/h7-9H,3-6H2,1-2H3,(H2,15,16)(H,17,19). The highest BCUT2D eigenvalue weighted by molar-refractivity contribution is 5.99. The summed E-state index contributed by atoms with van der Waals surface area (Å²) in [5, 5.41) is 13.6. The molecule has 0 spiro atoms. The molecule has 0 aromatic carbocycles. The Bertz CT molecular complexity index is 561. The summed E-state index contributed by atoms with van der Waals surface area (Å²) in [4.78, 5) is 26.1. The van der Waals surface area contributed by atoms with Crippen LogP contribution < -0.4 is 11.1 Å². The molecule has 1 amide bonds. The Morgan fingerprint density at radius 1 is 1.48 bits per heavy atom. The van der Waals surface area contributed by atoms with Crippen molar-refractivity contribution in [1.82, 2.24) is 10.3 Å². The molecule has 0 saturated heterocycles. The number of aromatic nitrogens is 1. The number of amides is 1. The van der Waals surface area contributed by atoms with Crippen LogP contribution in [0.3, 0.4) is 0 Å². The molecular formula is C14H20N4O3. The maximum atomic E-state index is 12.2. The SMILES string of the molecule is CC1(C)CCC(NC(=O)c2cc([N+](=O)[O-])cnc2N)CC1. The number of nitro groups is 1. The van der Waals surface area contributed by atoms with Crippen LogP contribution in [0.25, 0.3) is 0 Å². The quantitative estimate of drug-likeness (QED) is 0.655. The van der Waals surface area contributed by atoms with Crippen LogP contribution in [-0.2, 0) is 0 Å². The van der Waals surface area contributed by atoms with Crippen LogP contribution in [-0.4, -0.2) is 21.9 Å². The third-order valence-electron chi connectivity index (χ3n) is 4.03. The Hall–Kier alpha value is -2.18. The van der Waals surface area contributed by atoms with Crippen molar-refractivity contribution in [2.75, 3.05) is 5.73 Å². The zero-order chi connectivity index (χ0) is 15.6. The molecule has 7 nitrogen and oxygen atoms in total. The smallest absolute Gasteiger partial charge is 0.288 e. The number of nitrogens with zero attached hydrogens (tertiary/aromatic N) is 2. The van der Waals surface area contributed by atoms with Gasteiger partial charge >= 0.3 is 0 Å². The third-order valence-corrected chi connectivity index (χ3v) is 4.03. The van der Waals surface area contributed by atoms with E-state index in [-0.39, 0.29) is 23.1 Å². The van der Waals surface area contributed by atoms with Crippen LogP contribution in [0.5, 0.6) is 0 Å². The van der Waals surface area contributed by atoms with E-state index in [4.69, 9.17) is 5.73 Å². The van der Waals surface area contributed by atoms with Gasteiger partial charge in [0.25, 0.3) is 11.6 Å². The summed E-state index contributed by atoms with van der Waals surface area (Å²) in [5.41, 5.74) is 5.78. The van der Waals surface area contributed by atoms with Crippen molar-refractivity contribution < 1.29 is 9.72 Å². The van der Waals surface area contributed by atoms with Crippen LogP contribution in [0, 0.1) is 15.5 Å². The van der Waals surface area contributed by atoms with Gasteiger partial charge in [0.2, 0.25) is 0 Å². The highest BCUT2D eigenvalue weighted by Crippen LogP contribution is 2.35. The molecule has 1 aromatic rings. The van der Waals surface area contributed by atoms with E-state index >= 15 is 0 Å². The minimum atomic E-state index is -0.591. The molecule has 7 heteroatoms. The Labute approximate surface area is 123 Å². The van der Waals surface area contributed by atoms with Gasteiger partial charge in [0, 0.05) is 12.1 Å². The Kier molecular flexibility index (Phi) is 4.11. The summed E-state index contributed by atoms with van der Waals surface area (Å²) in [6.07, 6.45) is 4.94. The fourth-order valence-electron chi connectivity index (χ4n) is 2.55. The predicted molar refractivity (Wildman–Crippen MR) is 78.8 cm³/mol. The van der Waals surface area contributed by atoms with Gasteiger partial charge < -0.3 is 11.1 Å². The van der Waals surface area contributed by atoms with E-state index in [1.54, 1.807) is 0 Å². The van der Waals surface area contributed by atoms with E-state index in [2.05, 4.69) is 24.1 Å². The second-order valence-corrected chi connectivity index (χ2v) is 6.30. The van der Waals surface area contributed by atoms with E-state index in [0.29, 0.717) is 5.41 Å². The second kappa shape index (κ2) is 5.67. The molecule has 114 valence electrons. The molecule has 21 heavy (non-hydrogen) atoms. The minimum absolute atomic E-state index is 0.00855. The maximum absolute atomic E-state index is 12.2. The van der Waals surface area contributed by atoms with Gasteiger partial charge in [0.05, 0.1) is 10.5 Å². The van der Waals surface area contributed by atoms with E-state index < -0.39 is 10.8 Å². The number of nitrogens with two attached hydrogens (primary N) is 1. The summed E-state index contributed by atoms with van der Waals surface area (Å²) in [7, 11) is 0. The van der Waals surface area contributed by atoms with Crippen LogP contribution in [0.1, 0.15) is 49.9 Å². The van der Waals surface area contributed by atoms with Crippen molar-refractivity contribution in [3.63, 3.8) is 0 Å². The average Bonchev–Trinajstić information content (AvgIpc) is 2.41. The first-order valence-electron chi connectivity index (χ1n) is 6.99. The normalized spacial score (nSPS) is 18.2. The number of nitrogen functional groups attached to an aromatic ring is 1. The summed E-state index contributed by atoms with van der Waals surface area (Å²) >= 11 is 0. The average molecular weight is 292 g/mol. The molecule has 3 N–H and O–H groups in total.